The lowest BCUT2D eigenvalue weighted by Crippen LogP contribution is -2.46. The van der Waals surface area contributed by atoms with Gasteiger partial charge in [-0.15, -0.1) is 0 Å². The van der Waals surface area contributed by atoms with Crippen LogP contribution in [0.2, 0.25) is 0 Å². The van der Waals surface area contributed by atoms with Crippen LogP contribution in [0.25, 0.3) is 0 Å². The minimum absolute atomic E-state index is 0.0254. The van der Waals surface area contributed by atoms with Gasteiger partial charge in [-0.1, -0.05) is 37.3 Å². The van der Waals surface area contributed by atoms with Gasteiger partial charge in [-0.25, -0.2) is 0 Å². The zero-order chi connectivity index (χ0) is 17.9. The number of alkyl halides is 3. The van der Waals surface area contributed by atoms with E-state index in [1.165, 1.54) is 0 Å². The van der Waals surface area contributed by atoms with Gasteiger partial charge in [-0.3, -0.25) is 9.59 Å². The summed E-state index contributed by atoms with van der Waals surface area (Å²) in [6, 6.07) is 7.53. The fraction of sp³-hybridized carbons (Fsp3) is 0.500. The molecule has 3 atom stereocenters. The van der Waals surface area contributed by atoms with Crippen LogP contribution in [0.3, 0.4) is 0 Å². The van der Waals surface area contributed by atoms with E-state index in [1.54, 1.807) is 31.2 Å². The Hall–Kier alpha value is -2.09. The summed E-state index contributed by atoms with van der Waals surface area (Å²) >= 11 is 0. The number of nitrogens with two attached hydrogens (primary N) is 1. The number of nitrogens with one attached hydrogen (secondary N) is 1. The van der Waals surface area contributed by atoms with Gasteiger partial charge in [0.1, 0.15) is 12.6 Å². The molecule has 0 saturated carbocycles. The number of likely N-dealkylation sites (tertiary alicyclic amines) is 1. The SMILES string of the molecule is CC(C(=O)NC1CCN(CC(F)(F)F)C1=O)C(N)c1ccccc1. The van der Waals surface area contributed by atoms with Gasteiger partial charge < -0.3 is 16.0 Å². The van der Waals surface area contributed by atoms with E-state index >= 15 is 0 Å². The number of hydrogen-bond acceptors (Lipinski definition) is 3. The van der Waals surface area contributed by atoms with Crippen LogP contribution in [-0.2, 0) is 9.59 Å². The number of benzene rings is 1. The highest BCUT2D eigenvalue weighted by Crippen LogP contribution is 2.22. The van der Waals surface area contributed by atoms with Crippen molar-refractivity contribution in [2.75, 3.05) is 13.1 Å². The zero-order valence-corrected chi connectivity index (χ0v) is 13.2. The van der Waals surface area contributed by atoms with E-state index in [9.17, 15) is 22.8 Å². The lowest BCUT2D eigenvalue weighted by molar-refractivity contribution is -0.158. The Labute approximate surface area is 138 Å². The molecule has 1 aliphatic rings. The summed E-state index contributed by atoms with van der Waals surface area (Å²) in [5, 5.41) is 2.52. The Bertz CT molecular complexity index is 592. The topological polar surface area (TPSA) is 75.4 Å². The number of halogens is 3. The molecule has 0 spiro atoms. The first kappa shape index (κ1) is 18.3. The third kappa shape index (κ3) is 4.47. The number of rotatable bonds is 5. The minimum atomic E-state index is -4.45. The third-order valence-corrected chi connectivity index (χ3v) is 4.12. The molecule has 132 valence electrons. The van der Waals surface area contributed by atoms with Crippen LogP contribution >= 0.6 is 0 Å². The van der Waals surface area contributed by atoms with Crippen molar-refractivity contribution in [1.29, 1.82) is 0 Å². The lowest BCUT2D eigenvalue weighted by atomic mass is 9.94. The van der Waals surface area contributed by atoms with Crippen LogP contribution in [-0.4, -0.2) is 42.0 Å². The fourth-order valence-electron chi connectivity index (χ4n) is 2.68. The van der Waals surface area contributed by atoms with E-state index in [1.807, 2.05) is 6.07 Å². The highest BCUT2D eigenvalue weighted by atomic mass is 19.4. The van der Waals surface area contributed by atoms with Gasteiger partial charge in [0.2, 0.25) is 11.8 Å². The number of hydrogen-bond donors (Lipinski definition) is 2. The van der Waals surface area contributed by atoms with Crippen molar-refractivity contribution >= 4 is 11.8 Å². The van der Waals surface area contributed by atoms with Crippen LogP contribution in [0, 0.1) is 5.92 Å². The maximum Gasteiger partial charge on any atom is 0.406 e. The van der Waals surface area contributed by atoms with E-state index in [2.05, 4.69) is 5.32 Å². The first-order valence-electron chi connectivity index (χ1n) is 7.65. The molecule has 3 N–H and O–H groups in total. The first-order chi connectivity index (χ1) is 11.2. The van der Waals surface area contributed by atoms with Crippen LogP contribution in [0.4, 0.5) is 13.2 Å². The molecule has 1 aliphatic heterocycles. The first-order valence-corrected chi connectivity index (χ1v) is 7.65. The van der Waals surface area contributed by atoms with Gasteiger partial charge in [0.15, 0.2) is 0 Å². The molecule has 8 heteroatoms. The number of amides is 2. The molecule has 24 heavy (non-hydrogen) atoms. The lowest BCUT2D eigenvalue weighted by Gasteiger charge is -2.22. The Morgan fingerprint density at radius 3 is 2.58 bits per heavy atom. The second kappa shape index (κ2) is 7.21. The predicted octanol–water partition coefficient (Wildman–Crippen LogP) is 1.60. The molecule has 0 bridgehead atoms. The highest BCUT2D eigenvalue weighted by molar-refractivity contribution is 5.90. The number of carbonyl (C=O) groups is 2. The summed E-state index contributed by atoms with van der Waals surface area (Å²) in [5.74, 6) is -1.77. The van der Waals surface area contributed by atoms with Crippen LogP contribution < -0.4 is 11.1 Å². The molecule has 1 heterocycles. The summed E-state index contributed by atoms with van der Waals surface area (Å²) in [5.41, 5.74) is 6.83. The highest BCUT2D eigenvalue weighted by Gasteiger charge is 2.40. The standard InChI is InChI=1S/C16H20F3N3O2/c1-10(13(20)11-5-3-2-4-6-11)14(23)21-12-7-8-22(15(12)24)9-16(17,18)19/h2-6,10,12-13H,7-9,20H2,1H3,(H,21,23). The second-order valence-electron chi connectivity index (χ2n) is 5.95. The van der Waals surface area contributed by atoms with E-state index in [4.69, 9.17) is 5.73 Å². The van der Waals surface area contributed by atoms with Crippen molar-refractivity contribution in [3.05, 3.63) is 35.9 Å². The van der Waals surface area contributed by atoms with E-state index in [-0.39, 0.29) is 13.0 Å². The van der Waals surface area contributed by atoms with Crippen molar-refractivity contribution in [1.82, 2.24) is 10.2 Å². The van der Waals surface area contributed by atoms with Gasteiger partial charge in [-0.05, 0) is 12.0 Å². The van der Waals surface area contributed by atoms with Crippen LogP contribution in [0.5, 0.6) is 0 Å². The van der Waals surface area contributed by atoms with Gasteiger partial charge >= 0.3 is 6.18 Å². The Morgan fingerprint density at radius 1 is 1.38 bits per heavy atom. The fourth-order valence-corrected chi connectivity index (χ4v) is 2.68. The molecule has 2 rings (SSSR count). The van der Waals surface area contributed by atoms with Crippen molar-refractivity contribution in [2.24, 2.45) is 11.7 Å². The Kier molecular flexibility index (Phi) is 5.48. The smallest absolute Gasteiger partial charge is 0.344 e. The molecule has 2 amide bonds. The van der Waals surface area contributed by atoms with Crippen molar-refractivity contribution in [3.63, 3.8) is 0 Å². The van der Waals surface area contributed by atoms with E-state index < -0.39 is 42.5 Å². The van der Waals surface area contributed by atoms with E-state index in [0.717, 1.165) is 5.56 Å². The molecule has 0 aromatic heterocycles. The average molecular weight is 343 g/mol. The van der Waals surface area contributed by atoms with Crippen LogP contribution in [0.15, 0.2) is 30.3 Å². The van der Waals surface area contributed by atoms with E-state index in [0.29, 0.717) is 4.90 Å². The maximum atomic E-state index is 12.4. The molecule has 1 saturated heterocycles. The molecular formula is C16H20F3N3O2. The summed E-state index contributed by atoms with van der Waals surface area (Å²) in [6.07, 6.45) is -4.29. The summed E-state index contributed by atoms with van der Waals surface area (Å²) in [7, 11) is 0. The molecule has 5 nitrogen and oxygen atoms in total. The monoisotopic (exact) mass is 343 g/mol. The molecule has 0 aliphatic carbocycles. The second-order valence-corrected chi connectivity index (χ2v) is 5.95. The molecule has 3 unspecified atom stereocenters. The Morgan fingerprint density at radius 2 is 2.00 bits per heavy atom. The Balaban J connectivity index is 1.94. The molecule has 1 aromatic carbocycles. The van der Waals surface area contributed by atoms with Crippen molar-refractivity contribution < 1.29 is 22.8 Å². The quantitative estimate of drug-likeness (QED) is 0.853. The predicted molar refractivity (Wildman–Crippen MR) is 81.7 cm³/mol. The zero-order valence-electron chi connectivity index (χ0n) is 13.2. The summed E-state index contributed by atoms with van der Waals surface area (Å²) in [6.45, 7) is 0.305. The largest absolute Gasteiger partial charge is 0.406 e. The van der Waals surface area contributed by atoms with Crippen molar-refractivity contribution in [2.45, 2.75) is 31.6 Å². The average Bonchev–Trinajstić information content (AvgIpc) is 2.85. The molecule has 1 fully saturated rings. The minimum Gasteiger partial charge on any atom is -0.344 e. The van der Waals surface area contributed by atoms with Crippen molar-refractivity contribution in [3.8, 4) is 0 Å². The summed E-state index contributed by atoms with van der Waals surface area (Å²) in [4.78, 5) is 24.9. The van der Waals surface area contributed by atoms with Crippen LogP contribution in [0.1, 0.15) is 24.9 Å². The third-order valence-electron chi connectivity index (χ3n) is 4.12. The van der Waals surface area contributed by atoms with Gasteiger partial charge in [0, 0.05) is 12.6 Å². The normalized spacial score (nSPS) is 20.8. The van der Waals surface area contributed by atoms with Gasteiger partial charge in [0.25, 0.3) is 0 Å². The molecule has 1 aromatic rings. The summed E-state index contributed by atoms with van der Waals surface area (Å²) < 4.78 is 37.2. The van der Waals surface area contributed by atoms with Gasteiger partial charge in [0.05, 0.1) is 5.92 Å². The maximum absolute atomic E-state index is 12.4. The van der Waals surface area contributed by atoms with Gasteiger partial charge in [-0.2, -0.15) is 13.2 Å². The number of carbonyl (C=O) groups excluding carboxylic acids is 2. The molecule has 0 radical (unpaired) electrons. The molecular weight excluding hydrogens is 323 g/mol. The number of nitrogens with zero attached hydrogens (tertiary/aromatic N) is 1.